The van der Waals surface area contributed by atoms with Gasteiger partial charge in [0.1, 0.15) is 0 Å². The number of rotatable bonds is 6. The van der Waals surface area contributed by atoms with Gasteiger partial charge < -0.3 is 16.4 Å². The van der Waals surface area contributed by atoms with Crippen molar-refractivity contribution in [3.05, 3.63) is 0 Å². The van der Waals surface area contributed by atoms with Crippen LogP contribution < -0.4 is 16.4 Å². The maximum Gasteiger partial charge on any atom is 0.237 e. The molecule has 0 bridgehead atoms. The SMILES string of the molecule is C#CCC(N)C(=O)NCCNC(=O)C(C)C. The van der Waals surface area contributed by atoms with Gasteiger partial charge in [-0.2, -0.15) is 0 Å². The summed E-state index contributed by atoms with van der Waals surface area (Å²) in [7, 11) is 0. The monoisotopic (exact) mass is 225 g/mol. The van der Waals surface area contributed by atoms with Crippen molar-refractivity contribution in [3.63, 3.8) is 0 Å². The lowest BCUT2D eigenvalue weighted by Gasteiger charge is -2.11. The standard InChI is InChI=1S/C11H19N3O2/c1-4-5-9(12)11(16)14-7-6-13-10(15)8(2)3/h1,8-9H,5-7,12H2,2-3H3,(H,13,15)(H,14,16). The fourth-order valence-electron chi connectivity index (χ4n) is 0.926. The summed E-state index contributed by atoms with van der Waals surface area (Å²) in [5.41, 5.74) is 5.48. The highest BCUT2D eigenvalue weighted by Crippen LogP contribution is 1.89. The minimum Gasteiger partial charge on any atom is -0.354 e. The zero-order valence-electron chi connectivity index (χ0n) is 9.75. The van der Waals surface area contributed by atoms with Crippen LogP contribution in [0.25, 0.3) is 0 Å². The normalized spacial score (nSPS) is 11.7. The van der Waals surface area contributed by atoms with E-state index in [1.165, 1.54) is 0 Å². The molecule has 0 aliphatic rings. The van der Waals surface area contributed by atoms with Gasteiger partial charge in [-0.05, 0) is 0 Å². The number of nitrogens with one attached hydrogen (secondary N) is 2. The number of carbonyl (C=O) groups is 2. The van der Waals surface area contributed by atoms with Crippen molar-refractivity contribution in [2.75, 3.05) is 13.1 Å². The van der Waals surface area contributed by atoms with Crippen molar-refractivity contribution in [1.82, 2.24) is 10.6 Å². The van der Waals surface area contributed by atoms with Crippen LogP contribution in [0, 0.1) is 18.3 Å². The molecular formula is C11H19N3O2. The average Bonchev–Trinajstić information content (AvgIpc) is 2.23. The van der Waals surface area contributed by atoms with Gasteiger partial charge in [-0.25, -0.2) is 0 Å². The Bertz CT molecular complexity index is 281. The van der Waals surface area contributed by atoms with E-state index in [-0.39, 0.29) is 24.2 Å². The first kappa shape index (κ1) is 14.5. The molecule has 0 fully saturated rings. The lowest BCUT2D eigenvalue weighted by Crippen LogP contribution is -2.43. The summed E-state index contributed by atoms with van der Waals surface area (Å²) >= 11 is 0. The summed E-state index contributed by atoms with van der Waals surface area (Å²) in [6, 6.07) is -0.675. The number of amides is 2. The highest BCUT2D eigenvalue weighted by molar-refractivity contribution is 5.82. The number of carbonyl (C=O) groups excluding carboxylic acids is 2. The zero-order chi connectivity index (χ0) is 12.6. The zero-order valence-corrected chi connectivity index (χ0v) is 9.75. The molecule has 5 nitrogen and oxygen atoms in total. The molecule has 0 saturated carbocycles. The molecule has 0 aromatic heterocycles. The van der Waals surface area contributed by atoms with Gasteiger partial charge in [-0.1, -0.05) is 13.8 Å². The van der Waals surface area contributed by atoms with Crippen molar-refractivity contribution in [2.45, 2.75) is 26.3 Å². The van der Waals surface area contributed by atoms with Gasteiger partial charge in [-0.15, -0.1) is 12.3 Å². The van der Waals surface area contributed by atoms with Crippen LogP contribution in [-0.4, -0.2) is 30.9 Å². The van der Waals surface area contributed by atoms with Crippen LogP contribution in [0.2, 0.25) is 0 Å². The molecule has 4 N–H and O–H groups in total. The fraction of sp³-hybridized carbons (Fsp3) is 0.636. The molecule has 90 valence electrons. The first-order valence-electron chi connectivity index (χ1n) is 5.23. The van der Waals surface area contributed by atoms with E-state index < -0.39 is 6.04 Å². The third kappa shape index (κ3) is 6.04. The van der Waals surface area contributed by atoms with Crippen LogP contribution in [0.5, 0.6) is 0 Å². The van der Waals surface area contributed by atoms with Crippen LogP contribution >= 0.6 is 0 Å². The summed E-state index contributed by atoms with van der Waals surface area (Å²) in [5, 5.41) is 5.26. The molecule has 0 aromatic rings. The van der Waals surface area contributed by atoms with Crippen LogP contribution in [0.15, 0.2) is 0 Å². The average molecular weight is 225 g/mol. The number of hydrogen-bond donors (Lipinski definition) is 3. The quantitative estimate of drug-likeness (QED) is 0.410. The Morgan fingerprint density at radius 3 is 2.19 bits per heavy atom. The molecular weight excluding hydrogens is 206 g/mol. The second kappa shape index (κ2) is 7.71. The van der Waals surface area contributed by atoms with Gasteiger partial charge in [0.25, 0.3) is 0 Å². The third-order valence-corrected chi connectivity index (χ3v) is 1.92. The molecule has 0 rings (SSSR count). The number of hydrogen-bond acceptors (Lipinski definition) is 3. The Kier molecular flexibility index (Phi) is 6.97. The van der Waals surface area contributed by atoms with Gasteiger partial charge in [0.2, 0.25) is 11.8 Å². The summed E-state index contributed by atoms with van der Waals surface area (Å²) in [6.45, 7) is 4.36. The van der Waals surface area contributed by atoms with Gasteiger partial charge >= 0.3 is 0 Å². The van der Waals surface area contributed by atoms with E-state index in [4.69, 9.17) is 12.2 Å². The van der Waals surface area contributed by atoms with Crippen molar-refractivity contribution in [2.24, 2.45) is 11.7 Å². The van der Waals surface area contributed by atoms with Gasteiger partial charge in [-0.3, -0.25) is 9.59 Å². The van der Waals surface area contributed by atoms with Crippen LogP contribution in [0.3, 0.4) is 0 Å². The van der Waals surface area contributed by atoms with E-state index in [0.29, 0.717) is 13.1 Å². The molecule has 0 aliphatic heterocycles. The molecule has 16 heavy (non-hydrogen) atoms. The van der Waals surface area contributed by atoms with Gasteiger partial charge in [0.05, 0.1) is 6.04 Å². The van der Waals surface area contributed by atoms with E-state index >= 15 is 0 Å². The molecule has 1 unspecified atom stereocenters. The van der Waals surface area contributed by atoms with Gasteiger partial charge in [0, 0.05) is 25.4 Å². The first-order valence-corrected chi connectivity index (χ1v) is 5.23. The minimum absolute atomic E-state index is 0.0397. The predicted molar refractivity (Wildman–Crippen MR) is 62.3 cm³/mol. The van der Waals surface area contributed by atoms with Crippen LogP contribution in [0.1, 0.15) is 20.3 Å². The third-order valence-electron chi connectivity index (χ3n) is 1.92. The maximum atomic E-state index is 11.3. The molecule has 0 aromatic carbocycles. The van der Waals surface area contributed by atoms with E-state index in [1.807, 2.05) is 0 Å². The molecule has 0 radical (unpaired) electrons. The van der Waals surface area contributed by atoms with E-state index in [9.17, 15) is 9.59 Å². The Morgan fingerprint density at radius 1 is 1.25 bits per heavy atom. The van der Waals surface area contributed by atoms with Crippen molar-refractivity contribution < 1.29 is 9.59 Å². The second-order valence-electron chi connectivity index (χ2n) is 3.75. The predicted octanol–water partition coefficient (Wildman–Crippen LogP) is -0.775. The summed E-state index contributed by atoms with van der Waals surface area (Å²) in [5.74, 6) is 1.93. The van der Waals surface area contributed by atoms with Crippen LogP contribution in [0.4, 0.5) is 0 Å². The van der Waals surface area contributed by atoms with Crippen molar-refractivity contribution in [3.8, 4) is 12.3 Å². The number of terminal acetylenes is 1. The summed E-state index contributed by atoms with van der Waals surface area (Å²) < 4.78 is 0. The molecule has 0 aliphatic carbocycles. The van der Waals surface area contributed by atoms with Crippen LogP contribution in [-0.2, 0) is 9.59 Å². The second-order valence-corrected chi connectivity index (χ2v) is 3.75. The summed E-state index contributed by atoms with van der Waals surface area (Å²) in [4.78, 5) is 22.4. The largest absolute Gasteiger partial charge is 0.354 e. The van der Waals surface area contributed by atoms with Crippen molar-refractivity contribution in [1.29, 1.82) is 0 Å². The fourth-order valence-corrected chi connectivity index (χ4v) is 0.926. The molecule has 0 saturated heterocycles. The lowest BCUT2D eigenvalue weighted by atomic mass is 10.2. The molecule has 2 amide bonds. The number of nitrogens with two attached hydrogens (primary N) is 1. The topological polar surface area (TPSA) is 84.2 Å². The Morgan fingerprint density at radius 2 is 1.75 bits per heavy atom. The highest BCUT2D eigenvalue weighted by atomic mass is 16.2. The smallest absolute Gasteiger partial charge is 0.237 e. The molecule has 0 spiro atoms. The van der Waals surface area contributed by atoms with E-state index in [0.717, 1.165) is 0 Å². The van der Waals surface area contributed by atoms with E-state index in [1.54, 1.807) is 13.8 Å². The Balaban J connectivity index is 3.64. The summed E-state index contributed by atoms with van der Waals surface area (Å²) in [6.07, 6.45) is 5.24. The molecule has 1 atom stereocenters. The minimum atomic E-state index is -0.675. The first-order chi connectivity index (χ1) is 7.49. The van der Waals surface area contributed by atoms with Gasteiger partial charge in [0.15, 0.2) is 0 Å². The molecule has 0 heterocycles. The van der Waals surface area contributed by atoms with E-state index in [2.05, 4.69) is 16.6 Å². The highest BCUT2D eigenvalue weighted by Gasteiger charge is 2.11. The molecule has 5 heteroatoms. The van der Waals surface area contributed by atoms with Crippen molar-refractivity contribution >= 4 is 11.8 Å². The Labute approximate surface area is 96.2 Å². The maximum absolute atomic E-state index is 11.3. The Hall–Kier alpha value is -1.54. The lowest BCUT2D eigenvalue weighted by molar-refractivity contribution is -0.125.